The lowest BCUT2D eigenvalue weighted by Crippen LogP contribution is -2.51. The van der Waals surface area contributed by atoms with Gasteiger partial charge in [-0.3, -0.25) is 14.6 Å². The number of fused-ring (bicyclic) bond motifs is 5. The first kappa shape index (κ1) is 22.6. The highest BCUT2D eigenvalue weighted by atomic mass is 19.4. The zero-order valence-corrected chi connectivity index (χ0v) is 19.3. The van der Waals surface area contributed by atoms with Crippen LogP contribution in [-0.4, -0.2) is 45.7 Å². The standard InChI is InChI=1S/C25H22F4N6O/c1-33-23(36)20-21(30-17-11-9-16(26)10-12-17)34(13-14-5-7-15(8-6-14)25(27,28)29)32-22(20)35-19-4-2-3-18(19)31-24(33)35/h5-12,18-19,30H,2-4,13H2,1H3/t18-,19+/m1/s1. The van der Waals surface area contributed by atoms with Gasteiger partial charge in [-0.2, -0.15) is 18.3 Å². The summed E-state index contributed by atoms with van der Waals surface area (Å²) in [6.07, 6.45) is -1.54. The number of carbonyl (C=O) groups is 1. The topological polar surface area (TPSA) is 65.8 Å². The van der Waals surface area contributed by atoms with Crippen LogP contribution in [0.25, 0.3) is 0 Å². The lowest BCUT2D eigenvalue weighted by Gasteiger charge is -2.34. The summed E-state index contributed by atoms with van der Waals surface area (Å²) in [4.78, 5) is 21.8. The molecule has 1 saturated carbocycles. The van der Waals surface area contributed by atoms with Crippen molar-refractivity contribution in [2.24, 2.45) is 4.99 Å². The van der Waals surface area contributed by atoms with Crippen LogP contribution < -0.4 is 10.2 Å². The molecule has 2 aliphatic heterocycles. The fourth-order valence-corrected chi connectivity index (χ4v) is 5.19. The molecule has 186 valence electrons. The molecule has 0 bridgehead atoms. The molecular formula is C25H22F4N6O. The molecule has 0 unspecified atom stereocenters. The van der Waals surface area contributed by atoms with Crippen LogP contribution in [0.5, 0.6) is 0 Å². The first-order valence-electron chi connectivity index (χ1n) is 11.7. The Morgan fingerprint density at radius 2 is 1.78 bits per heavy atom. The number of aliphatic imine (C=N–C) groups is 1. The number of guanidine groups is 1. The van der Waals surface area contributed by atoms with Gasteiger partial charge in [0.05, 0.1) is 24.2 Å². The van der Waals surface area contributed by atoms with Crippen molar-refractivity contribution in [1.29, 1.82) is 0 Å². The second-order valence-corrected chi connectivity index (χ2v) is 9.26. The van der Waals surface area contributed by atoms with E-state index in [-0.39, 0.29) is 24.5 Å². The van der Waals surface area contributed by atoms with Crippen molar-refractivity contribution in [2.75, 3.05) is 17.3 Å². The van der Waals surface area contributed by atoms with Gasteiger partial charge in [0.2, 0.25) is 5.96 Å². The van der Waals surface area contributed by atoms with Crippen LogP contribution in [0.1, 0.15) is 40.7 Å². The number of anilines is 3. The van der Waals surface area contributed by atoms with E-state index in [0.717, 1.165) is 31.4 Å². The number of carbonyl (C=O) groups excluding carboxylic acids is 1. The summed E-state index contributed by atoms with van der Waals surface area (Å²) in [5.41, 5.74) is 0.737. The summed E-state index contributed by atoms with van der Waals surface area (Å²) in [6, 6.07) is 10.7. The van der Waals surface area contributed by atoms with Crippen molar-refractivity contribution in [3.05, 3.63) is 71.0 Å². The summed E-state index contributed by atoms with van der Waals surface area (Å²) in [5.74, 6) is 0.733. The molecule has 3 aliphatic rings. The van der Waals surface area contributed by atoms with Crippen molar-refractivity contribution >= 4 is 29.2 Å². The van der Waals surface area contributed by atoms with Crippen molar-refractivity contribution < 1.29 is 22.4 Å². The molecule has 3 heterocycles. The maximum absolute atomic E-state index is 13.5. The van der Waals surface area contributed by atoms with Gasteiger partial charge in [0.15, 0.2) is 5.82 Å². The molecule has 1 aromatic heterocycles. The smallest absolute Gasteiger partial charge is 0.340 e. The van der Waals surface area contributed by atoms with Crippen LogP contribution in [0.3, 0.4) is 0 Å². The van der Waals surface area contributed by atoms with Crippen molar-refractivity contribution in [1.82, 2.24) is 14.7 Å². The average molecular weight is 498 g/mol. The fourth-order valence-electron chi connectivity index (χ4n) is 5.19. The van der Waals surface area contributed by atoms with Crippen molar-refractivity contribution in [2.45, 2.75) is 44.1 Å². The molecule has 7 nitrogen and oxygen atoms in total. The van der Waals surface area contributed by atoms with E-state index in [4.69, 9.17) is 10.1 Å². The van der Waals surface area contributed by atoms with Gasteiger partial charge in [0, 0.05) is 12.7 Å². The highest BCUT2D eigenvalue weighted by Gasteiger charge is 2.49. The Hall–Kier alpha value is -3.89. The number of alkyl halides is 3. The van der Waals surface area contributed by atoms with E-state index in [1.807, 2.05) is 4.90 Å². The Balaban J connectivity index is 1.45. The van der Waals surface area contributed by atoms with Crippen LogP contribution in [0.15, 0.2) is 53.5 Å². The molecule has 2 aromatic carbocycles. The number of aromatic nitrogens is 2. The van der Waals surface area contributed by atoms with Crippen molar-refractivity contribution in [3.63, 3.8) is 0 Å². The molecular weight excluding hydrogens is 476 g/mol. The molecule has 1 fully saturated rings. The van der Waals surface area contributed by atoms with Gasteiger partial charge in [0.1, 0.15) is 17.2 Å². The van der Waals surface area contributed by atoms with E-state index in [1.54, 1.807) is 23.9 Å². The zero-order chi connectivity index (χ0) is 25.2. The second kappa shape index (κ2) is 8.07. The SMILES string of the molecule is CN1C(=O)c2c(nn(Cc3ccc(C(F)(F)F)cc3)c2Nc2ccc(F)cc2)N2C1=N[C@@H]1CCC[C@@H]12. The quantitative estimate of drug-likeness (QED) is 0.514. The van der Waals surface area contributed by atoms with Crippen LogP contribution in [-0.2, 0) is 12.7 Å². The van der Waals surface area contributed by atoms with Crippen LogP contribution in [0.4, 0.5) is 34.9 Å². The summed E-state index contributed by atoms with van der Waals surface area (Å²) in [6.45, 7) is 0.125. The van der Waals surface area contributed by atoms with Gasteiger partial charge < -0.3 is 5.32 Å². The molecule has 0 spiro atoms. The van der Waals surface area contributed by atoms with E-state index >= 15 is 0 Å². The Bertz CT molecular complexity index is 1360. The lowest BCUT2D eigenvalue weighted by molar-refractivity contribution is -0.137. The number of nitrogens with one attached hydrogen (secondary N) is 1. The maximum Gasteiger partial charge on any atom is 0.416 e. The largest absolute Gasteiger partial charge is 0.416 e. The molecule has 1 amide bonds. The molecule has 2 atom stereocenters. The number of nitrogens with zero attached hydrogens (tertiary/aromatic N) is 5. The Labute approximate surface area is 204 Å². The molecule has 0 saturated heterocycles. The fraction of sp³-hybridized carbons (Fsp3) is 0.320. The Morgan fingerprint density at radius 1 is 1.06 bits per heavy atom. The Morgan fingerprint density at radius 3 is 2.47 bits per heavy atom. The number of rotatable bonds is 4. The normalized spacial score (nSPS) is 20.8. The highest BCUT2D eigenvalue weighted by Crippen LogP contribution is 2.43. The van der Waals surface area contributed by atoms with E-state index in [2.05, 4.69) is 5.32 Å². The van der Waals surface area contributed by atoms with E-state index in [9.17, 15) is 22.4 Å². The zero-order valence-electron chi connectivity index (χ0n) is 19.3. The minimum absolute atomic E-state index is 0.0924. The number of halogens is 4. The lowest BCUT2D eigenvalue weighted by atomic mass is 10.1. The number of hydrogen-bond acceptors (Lipinski definition) is 5. The summed E-state index contributed by atoms with van der Waals surface area (Å²) in [5, 5.41) is 7.97. The van der Waals surface area contributed by atoms with Gasteiger partial charge in [-0.05, 0) is 61.2 Å². The minimum atomic E-state index is -4.43. The molecule has 1 N–H and O–H groups in total. The second-order valence-electron chi connectivity index (χ2n) is 9.26. The number of hydrogen-bond donors (Lipinski definition) is 1. The van der Waals surface area contributed by atoms with Crippen molar-refractivity contribution in [3.8, 4) is 0 Å². The summed E-state index contributed by atoms with van der Waals surface area (Å²) < 4.78 is 54.2. The first-order chi connectivity index (χ1) is 17.2. The van der Waals surface area contributed by atoms with Gasteiger partial charge >= 0.3 is 6.18 Å². The molecule has 1 aliphatic carbocycles. The molecule has 11 heteroatoms. The van der Waals surface area contributed by atoms with E-state index in [1.165, 1.54) is 29.2 Å². The Kier molecular flexibility index (Phi) is 5.06. The third-order valence-electron chi connectivity index (χ3n) is 6.97. The molecule has 3 aromatic rings. The van der Waals surface area contributed by atoms with Gasteiger partial charge in [-0.1, -0.05) is 12.1 Å². The summed E-state index contributed by atoms with van der Waals surface area (Å²) >= 11 is 0. The van der Waals surface area contributed by atoms with Crippen LogP contribution >= 0.6 is 0 Å². The molecule has 36 heavy (non-hydrogen) atoms. The predicted octanol–water partition coefficient (Wildman–Crippen LogP) is 5.02. The third-order valence-corrected chi connectivity index (χ3v) is 6.97. The van der Waals surface area contributed by atoms with Crippen LogP contribution in [0.2, 0.25) is 0 Å². The first-order valence-corrected chi connectivity index (χ1v) is 11.7. The maximum atomic E-state index is 13.5. The average Bonchev–Trinajstić information content (AvgIpc) is 3.52. The highest BCUT2D eigenvalue weighted by molar-refractivity contribution is 6.21. The predicted molar refractivity (Wildman–Crippen MR) is 126 cm³/mol. The van der Waals surface area contributed by atoms with Gasteiger partial charge in [0.25, 0.3) is 5.91 Å². The van der Waals surface area contributed by atoms with Crippen LogP contribution in [0, 0.1) is 5.82 Å². The van der Waals surface area contributed by atoms with E-state index < -0.39 is 17.6 Å². The monoisotopic (exact) mass is 498 g/mol. The number of amides is 1. The van der Waals surface area contributed by atoms with E-state index in [0.29, 0.717) is 34.4 Å². The molecule has 0 radical (unpaired) electrons. The minimum Gasteiger partial charge on any atom is -0.340 e. The number of benzene rings is 2. The van der Waals surface area contributed by atoms with Gasteiger partial charge in [-0.25, -0.2) is 14.1 Å². The summed E-state index contributed by atoms with van der Waals surface area (Å²) in [7, 11) is 1.67. The van der Waals surface area contributed by atoms with Gasteiger partial charge in [-0.15, -0.1) is 0 Å². The third kappa shape index (κ3) is 3.61. The molecule has 6 rings (SSSR count).